The van der Waals surface area contributed by atoms with Crippen molar-refractivity contribution in [2.24, 2.45) is 7.05 Å². The SMILES string of the molecule is CN(C)NCc1ncnn1C. The molecule has 1 aromatic heterocycles. The molecule has 0 fully saturated rings. The summed E-state index contributed by atoms with van der Waals surface area (Å²) in [5.41, 5.74) is 3.10. The number of hydrogen-bond donors (Lipinski definition) is 1. The molecule has 0 aliphatic heterocycles. The van der Waals surface area contributed by atoms with E-state index < -0.39 is 0 Å². The smallest absolute Gasteiger partial charge is 0.141 e. The van der Waals surface area contributed by atoms with Crippen LogP contribution in [0.1, 0.15) is 5.82 Å². The number of nitrogens with one attached hydrogen (secondary N) is 1. The van der Waals surface area contributed by atoms with Gasteiger partial charge in [-0.05, 0) is 0 Å². The fraction of sp³-hybridized carbons (Fsp3) is 0.667. The summed E-state index contributed by atoms with van der Waals surface area (Å²) in [6, 6.07) is 0. The van der Waals surface area contributed by atoms with Crippen LogP contribution in [0.15, 0.2) is 6.33 Å². The van der Waals surface area contributed by atoms with Crippen molar-refractivity contribution in [3.8, 4) is 0 Å². The van der Waals surface area contributed by atoms with E-state index >= 15 is 0 Å². The number of aromatic nitrogens is 3. The molecule has 5 nitrogen and oxygen atoms in total. The normalized spacial score (nSPS) is 10.9. The van der Waals surface area contributed by atoms with E-state index in [1.165, 1.54) is 0 Å². The van der Waals surface area contributed by atoms with Gasteiger partial charge in [-0.3, -0.25) is 9.69 Å². The maximum atomic E-state index is 4.05. The summed E-state index contributed by atoms with van der Waals surface area (Å²) in [7, 11) is 5.76. The Morgan fingerprint density at radius 3 is 2.82 bits per heavy atom. The minimum atomic E-state index is 0.712. The molecule has 5 heteroatoms. The molecule has 1 N–H and O–H groups in total. The highest BCUT2D eigenvalue weighted by Gasteiger charge is 1.98. The first-order valence-corrected chi connectivity index (χ1v) is 3.44. The molecular formula is C6H13N5. The Morgan fingerprint density at radius 2 is 2.36 bits per heavy atom. The van der Waals surface area contributed by atoms with E-state index in [1.54, 1.807) is 11.0 Å². The Morgan fingerprint density at radius 1 is 1.64 bits per heavy atom. The summed E-state index contributed by atoms with van der Waals surface area (Å²) in [5.74, 6) is 0.929. The molecular weight excluding hydrogens is 142 g/mol. The summed E-state index contributed by atoms with van der Waals surface area (Å²) in [6.45, 7) is 0.712. The second kappa shape index (κ2) is 3.45. The number of nitrogens with zero attached hydrogens (tertiary/aromatic N) is 4. The van der Waals surface area contributed by atoms with E-state index in [4.69, 9.17) is 0 Å². The van der Waals surface area contributed by atoms with Gasteiger partial charge in [-0.15, -0.1) is 0 Å². The third-order valence-electron chi connectivity index (χ3n) is 1.36. The zero-order chi connectivity index (χ0) is 8.27. The predicted octanol–water partition coefficient (Wildman–Crippen LogP) is -0.619. The van der Waals surface area contributed by atoms with Gasteiger partial charge in [-0.25, -0.2) is 10.4 Å². The summed E-state index contributed by atoms with van der Waals surface area (Å²) < 4.78 is 1.75. The molecule has 0 unspecified atom stereocenters. The zero-order valence-corrected chi connectivity index (χ0v) is 7.07. The van der Waals surface area contributed by atoms with Gasteiger partial charge in [0.1, 0.15) is 12.2 Å². The number of hydrogen-bond acceptors (Lipinski definition) is 4. The van der Waals surface area contributed by atoms with Crippen molar-refractivity contribution in [2.75, 3.05) is 14.1 Å². The molecule has 0 aromatic carbocycles. The third-order valence-corrected chi connectivity index (χ3v) is 1.36. The monoisotopic (exact) mass is 155 g/mol. The van der Waals surface area contributed by atoms with Crippen LogP contribution in [-0.4, -0.2) is 33.9 Å². The van der Waals surface area contributed by atoms with Crippen LogP contribution in [0.3, 0.4) is 0 Å². The minimum absolute atomic E-state index is 0.712. The fourth-order valence-corrected chi connectivity index (χ4v) is 0.709. The van der Waals surface area contributed by atoms with E-state index in [9.17, 15) is 0 Å². The number of aryl methyl sites for hydroxylation is 1. The number of rotatable bonds is 3. The Balaban J connectivity index is 2.44. The molecule has 0 aliphatic rings. The predicted molar refractivity (Wildman–Crippen MR) is 41.5 cm³/mol. The molecule has 0 atom stereocenters. The molecule has 0 saturated heterocycles. The number of hydrazine groups is 1. The molecule has 0 spiro atoms. The lowest BCUT2D eigenvalue weighted by atomic mass is 10.6. The first-order chi connectivity index (χ1) is 5.20. The summed E-state index contributed by atoms with van der Waals surface area (Å²) in [6.07, 6.45) is 1.55. The van der Waals surface area contributed by atoms with Crippen molar-refractivity contribution in [1.29, 1.82) is 0 Å². The van der Waals surface area contributed by atoms with Crippen molar-refractivity contribution in [3.05, 3.63) is 12.2 Å². The van der Waals surface area contributed by atoms with Crippen LogP contribution in [0.2, 0.25) is 0 Å². The van der Waals surface area contributed by atoms with E-state index in [0.717, 1.165) is 5.82 Å². The lowest BCUT2D eigenvalue weighted by Crippen LogP contribution is -2.30. The summed E-state index contributed by atoms with van der Waals surface area (Å²) in [5, 5.41) is 5.83. The van der Waals surface area contributed by atoms with Crippen molar-refractivity contribution in [2.45, 2.75) is 6.54 Å². The highest BCUT2D eigenvalue weighted by molar-refractivity contribution is 4.81. The van der Waals surface area contributed by atoms with E-state index in [0.29, 0.717) is 6.54 Å². The van der Waals surface area contributed by atoms with Crippen LogP contribution < -0.4 is 5.43 Å². The second-order valence-corrected chi connectivity index (χ2v) is 2.53. The van der Waals surface area contributed by atoms with Crippen LogP contribution >= 0.6 is 0 Å². The van der Waals surface area contributed by atoms with Crippen molar-refractivity contribution in [1.82, 2.24) is 25.2 Å². The Labute approximate surface area is 66.0 Å². The Bertz CT molecular complexity index is 217. The van der Waals surface area contributed by atoms with Crippen LogP contribution in [-0.2, 0) is 13.6 Å². The van der Waals surface area contributed by atoms with Crippen LogP contribution in [0, 0.1) is 0 Å². The van der Waals surface area contributed by atoms with Gasteiger partial charge in [0.25, 0.3) is 0 Å². The lowest BCUT2D eigenvalue weighted by Gasteiger charge is -2.10. The van der Waals surface area contributed by atoms with Gasteiger partial charge in [0, 0.05) is 21.1 Å². The van der Waals surface area contributed by atoms with E-state index in [2.05, 4.69) is 15.5 Å². The average molecular weight is 155 g/mol. The van der Waals surface area contributed by atoms with Crippen molar-refractivity contribution in [3.63, 3.8) is 0 Å². The molecule has 11 heavy (non-hydrogen) atoms. The highest BCUT2D eigenvalue weighted by Crippen LogP contribution is 1.88. The minimum Gasteiger partial charge on any atom is -0.252 e. The van der Waals surface area contributed by atoms with Crippen molar-refractivity contribution < 1.29 is 0 Å². The fourth-order valence-electron chi connectivity index (χ4n) is 0.709. The molecule has 1 rings (SSSR count). The summed E-state index contributed by atoms with van der Waals surface area (Å²) >= 11 is 0. The lowest BCUT2D eigenvalue weighted by molar-refractivity contribution is 0.280. The molecule has 1 aromatic rings. The molecule has 0 saturated carbocycles. The quantitative estimate of drug-likeness (QED) is 0.591. The molecule has 62 valence electrons. The zero-order valence-electron chi connectivity index (χ0n) is 7.07. The molecule has 0 aliphatic carbocycles. The Kier molecular flexibility index (Phi) is 2.56. The highest BCUT2D eigenvalue weighted by atomic mass is 15.5. The topological polar surface area (TPSA) is 46.0 Å². The van der Waals surface area contributed by atoms with Gasteiger partial charge >= 0.3 is 0 Å². The van der Waals surface area contributed by atoms with E-state index in [-0.39, 0.29) is 0 Å². The van der Waals surface area contributed by atoms with Gasteiger partial charge in [-0.2, -0.15) is 5.10 Å². The molecule has 1 heterocycles. The molecule has 0 bridgehead atoms. The largest absolute Gasteiger partial charge is 0.252 e. The van der Waals surface area contributed by atoms with E-state index in [1.807, 2.05) is 26.2 Å². The third kappa shape index (κ3) is 2.28. The van der Waals surface area contributed by atoms with Gasteiger partial charge in [0.2, 0.25) is 0 Å². The van der Waals surface area contributed by atoms with Crippen LogP contribution in [0.25, 0.3) is 0 Å². The van der Waals surface area contributed by atoms with Crippen molar-refractivity contribution >= 4 is 0 Å². The maximum Gasteiger partial charge on any atom is 0.141 e. The maximum absolute atomic E-state index is 4.05. The van der Waals surface area contributed by atoms with Crippen LogP contribution in [0.4, 0.5) is 0 Å². The van der Waals surface area contributed by atoms with Gasteiger partial charge in [-0.1, -0.05) is 0 Å². The van der Waals surface area contributed by atoms with Gasteiger partial charge in [0.15, 0.2) is 0 Å². The molecule has 0 radical (unpaired) electrons. The standard InChI is InChI=1S/C6H13N5/c1-10(2)8-4-6-7-5-9-11(6)3/h5,8H,4H2,1-3H3. The summed E-state index contributed by atoms with van der Waals surface area (Å²) in [4.78, 5) is 4.05. The average Bonchev–Trinajstić information content (AvgIpc) is 2.31. The van der Waals surface area contributed by atoms with Gasteiger partial charge in [0.05, 0.1) is 6.54 Å². The van der Waals surface area contributed by atoms with Gasteiger partial charge < -0.3 is 0 Å². The Hall–Kier alpha value is -0.940. The first-order valence-electron chi connectivity index (χ1n) is 3.44. The second-order valence-electron chi connectivity index (χ2n) is 2.53. The molecule has 0 amide bonds. The first kappa shape index (κ1) is 8.16. The van der Waals surface area contributed by atoms with Crippen LogP contribution in [0.5, 0.6) is 0 Å².